The molecule has 1 aliphatic rings. The molecule has 0 saturated carbocycles. The van der Waals surface area contributed by atoms with Gasteiger partial charge in [0.15, 0.2) is 0 Å². The van der Waals surface area contributed by atoms with E-state index in [2.05, 4.69) is 0 Å². The zero-order valence-electron chi connectivity index (χ0n) is 7.25. The summed E-state index contributed by atoms with van der Waals surface area (Å²) in [6, 6.07) is 3.32. The summed E-state index contributed by atoms with van der Waals surface area (Å²) in [5, 5.41) is 0.527. The summed E-state index contributed by atoms with van der Waals surface area (Å²) in [4.78, 5) is 21.7. The number of fused-ring (bicyclic) bond motifs is 1. The summed E-state index contributed by atoms with van der Waals surface area (Å²) in [6.45, 7) is 0.251. The van der Waals surface area contributed by atoms with E-state index in [-0.39, 0.29) is 19.0 Å². The van der Waals surface area contributed by atoms with Gasteiger partial charge in [-0.25, -0.2) is 4.79 Å². The van der Waals surface area contributed by atoms with Crippen molar-refractivity contribution in [2.75, 3.05) is 0 Å². The summed E-state index contributed by atoms with van der Waals surface area (Å²) in [6.07, 6.45) is 0.940. The van der Waals surface area contributed by atoms with Gasteiger partial charge in [0.1, 0.15) is 12.9 Å². The van der Waals surface area contributed by atoms with E-state index >= 15 is 0 Å². The summed E-state index contributed by atoms with van der Waals surface area (Å²) in [7, 11) is 0. The molecule has 0 aromatic heterocycles. The number of carbonyl (C=O) groups excluding carboxylic acids is 2. The molecule has 4 heteroatoms. The van der Waals surface area contributed by atoms with Crippen molar-refractivity contribution in [2.24, 2.45) is 0 Å². The van der Waals surface area contributed by atoms with Crippen LogP contribution in [0.5, 0.6) is 0 Å². The molecule has 0 spiro atoms. The third kappa shape index (κ3) is 1.40. The van der Waals surface area contributed by atoms with Crippen LogP contribution in [-0.4, -0.2) is 12.3 Å². The molecule has 0 radical (unpaired) electrons. The van der Waals surface area contributed by atoms with E-state index < -0.39 is 0 Å². The summed E-state index contributed by atoms with van der Waals surface area (Å²) < 4.78 is 4.85. The standard InChI is InChI=1S/C10H7ClO3/c11-8-3-6(1-2-12)9-7(4-8)5-14-10(9)13/h2-4H,1,5H2. The zero-order chi connectivity index (χ0) is 10.1. The minimum absolute atomic E-state index is 0.192. The van der Waals surface area contributed by atoms with E-state index in [1.165, 1.54) is 0 Å². The fraction of sp³-hybridized carbons (Fsp3) is 0.200. The van der Waals surface area contributed by atoms with Crippen molar-refractivity contribution in [1.82, 2.24) is 0 Å². The van der Waals surface area contributed by atoms with Crippen molar-refractivity contribution in [1.29, 1.82) is 0 Å². The molecular formula is C10H7ClO3. The van der Waals surface area contributed by atoms with Crippen LogP contribution in [0.15, 0.2) is 12.1 Å². The van der Waals surface area contributed by atoms with Gasteiger partial charge in [-0.2, -0.15) is 0 Å². The highest BCUT2D eigenvalue weighted by Crippen LogP contribution is 2.27. The van der Waals surface area contributed by atoms with Crippen LogP contribution >= 0.6 is 11.6 Å². The van der Waals surface area contributed by atoms with Crippen LogP contribution in [0.3, 0.4) is 0 Å². The Bertz CT molecular complexity index is 412. The molecule has 3 nitrogen and oxygen atoms in total. The van der Waals surface area contributed by atoms with Gasteiger partial charge in [-0.1, -0.05) is 11.6 Å². The number of rotatable bonds is 2. The molecule has 72 valence electrons. The van der Waals surface area contributed by atoms with Crippen molar-refractivity contribution in [3.05, 3.63) is 33.8 Å². The molecule has 1 heterocycles. The molecule has 1 aromatic rings. The quantitative estimate of drug-likeness (QED) is 0.552. The maximum absolute atomic E-state index is 11.3. The Morgan fingerprint density at radius 1 is 1.50 bits per heavy atom. The van der Waals surface area contributed by atoms with Gasteiger partial charge in [-0.3, -0.25) is 0 Å². The predicted molar refractivity (Wildman–Crippen MR) is 50.3 cm³/mol. The van der Waals surface area contributed by atoms with Crippen LogP contribution in [0, 0.1) is 0 Å². The molecule has 0 unspecified atom stereocenters. The topological polar surface area (TPSA) is 43.4 Å². The van der Waals surface area contributed by atoms with E-state index in [0.717, 1.165) is 11.8 Å². The maximum atomic E-state index is 11.3. The van der Waals surface area contributed by atoms with E-state index in [0.29, 0.717) is 16.1 Å². The van der Waals surface area contributed by atoms with Gasteiger partial charge in [-0.05, 0) is 17.7 Å². The number of ether oxygens (including phenoxy) is 1. The molecule has 1 aromatic carbocycles. The van der Waals surface area contributed by atoms with Crippen molar-refractivity contribution >= 4 is 23.9 Å². The zero-order valence-corrected chi connectivity index (χ0v) is 8.00. The van der Waals surface area contributed by atoms with Crippen molar-refractivity contribution in [3.63, 3.8) is 0 Å². The lowest BCUT2D eigenvalue weighted by molar-refractivity contribution is -0.107. The fourth-order valence-electron chi connectivity index (χ4n) is 1.57. The van der Waals surface area contributed by atoms with E-state index in [4.69, 9.17) is 16.3 Å². The second kappa shape index (κ2) is 3.42. The van der Waals surface area contributed by atoms with Gasteiger partial charge in [0.2, 0.25) is 0 Å². The second-order valence-electron chi connectivity index (χ2n) is 3.05. The lowest BCUT2D eigenvalue weighted by atomic mass is 10.0. The van der Waals surface area contributed by atoms with Gasteiger partial charge in [-0.15, -0.1) is 0 Å². The van der Waals surface area contributed by atoms with Crippen molar-refractivity contribution in [3.8, 4) is 0 Å². The number of esters is 1. The maximum Gasteiger partial charge on any atom is 0.339 e. The number of hydrogen-bond donors (Lipinski definition) is 0. The SMILES string of the molecule is O=CCc1cc(Cl)cc2c1C(=O)OC2. The Morgan fingerprint density at radius 2 is 2.29 bits per heavy atom. The number of halogens is 1. The normalized spacial score (nSPS) is 13.6. The highest BCUT2D eigenvalue weighted by Gasteiger charge is 2.24. The molecule has 0 aliphatic carbocycles. The first-order valence-corrected chi connectivity index (χ1v) is 4.52. The molecule has 14 heavy (non-hydrogen) atoms. The number of hydrogen-bond acceptors (Lipinski definition) is 3. The van der Waals surface area contributed by atoms with E-state index in [9.17, 15) is 9.59 Å². The van der Waals surface area contributed by atoms with Crippen molar-refractivity contribution in [2.45, 2.75) is 13.0 Å². The molecular weight excluding hydrogens is 204 g/mol. The first-order valence-electron chi connectivity index (χ1n) is 4.14. The first-order chi connectivity index (χ1) is 6.72. The monoisotopic (exact) mass is 210 g/mol. The smallest absolute Gasteiger partial charge is 0.339 e. The number of cyclic esters (lactones) is 1. The first kappa shape index (κ1) is 9.21. The van der Waals surface area contributed by atoms with Crippen LogP contribution in [0.1, 0.15) is 21.5 Å². The molecule has 0 bridgehead atoms. The number of benzene rings is 1. The minimum Gasteiger partial charge on any atom is -0.457 e. The average Bonchev–Trinajstić information content (AvgIpc) is 2.48. The average molecular weight is 211 g/mol. The van der Waals surface area contributed by atoms with Crippen LogP contribution < -0.4 is 0 Å². The predicted octanol–water partition coefficient (Wildman–Crippen LogP) is 1.75. The fourth-order valence-corrected chi connectivity index (χ4v) is 1.83. The van der Waals surface area contributed by atoms with Crippen LogP contribution in [0.4, 0.5) is 0 Å². The largest absolute Gasteiger partial charge is 0.457 e. The highest BCUT2D eigenvalue weighted by atomic mass is 35.5. The summed E-state index contributed by atoms with van der Waals surface area (Å²) >= 11 is 5.83. The Morgan fingerprint density at radius 3 is 3.00 bits per heavy atom. The van der Waals surface area contributed by atoms with Gasteiger partial charge >= 0.3 is 5.97 Å². The van der Waals surface area contributed by atoms with E-state index in [1.807, 2.05) is 0 Å². The Labute approximate surface area is 85.6 Å². The van der Waals surface area contributed by atoms with Crippen LogP contribution in [0.2, 0.25) is 5.02 Å². The van der Waals surface area contributed by atoms with Crippen molar-refractivity contribution < 1.29 is 14.3 Å². The van der Waals surface area contributed by atoms with Gasteiger partial charge in [0.05, 0.1) is 5.56 Å². The van der Waals surface area contributed by atoms with Crippen LogP contribution in [0.25, 0.3) is 0 Å². The van der Waals surface area contributed by atoms with Gasteiger partial charge < -0.3 is 9.53 Å². The third-order valence-electron chi connectivity index (χ3n) is 2.13. The van der Waals surface area contributed by atoms with Gasteiger partial charge in [0.25, 0.3) is 0 Å². The lowest BCUT2D eigenvalue weighted by Crippen LogP contribution is -2.01. The Hall–Kier alpha value is -1.35. The molecule has 0 fully saturated rings. The van der Waals surface area contributed by atoms with E-state index in [1.54, 1.807) is 12.1 Å². The molecule has 0 saturated heterocycles. The number of carbonyl (C=O) groups is 2. The molecule has 0 atom stereocenters. The second-order valence-corrected chi connectivity index (χ2v) is 3.48. The lowest BCUT2D eigenvalue weighted by Gasteiger charge is -2.02. The number of aldehydes is 1. The van der Waals surface area contributed by atoms with Crippen LogP contribution in [-0.2, 0) is 22.6 Å². The summed E-state index contributed by atoms with van der Waals surface area (Å²) in [5.74, 6) is -0.367. The van der Waals surface area contributed by atoms with Gasteiger partial charge in [0, 0.05) is 17.0 Å². The minimum atomic E-state index is -0.367. The molecule has 0 amide bonds. The molecule has 2 rings (SSSR count). The Balaban J connectivity index is 2.58. The highest BCUT2D eigenvalue weighted by molar-refractivity contribution is 6.31. The Kier molecular flexibility index (Phi) is 2.25. The third-order valence-corrected chi connectivity index (χ3v) is 2.35. The molecule has 1 aliphatic heterocycles. The summed E-state index contributed by atoms with van der Waals surface area (Å²) in [5.41, 5.74) is 1.91. The molecule has 0 N–H and O–H groups in total.